The summed E-state index contributed by atoms with van der Waals surface area (Å²) in [5.74, 6) is 0. The van der Waals surface area contributed by atoms with Crippen LogP contribution >= 0.6 is 0 Å². The molecule has 0 N–H and O–H groups in total. The van der Waals surface area contributed by atoms with Crippen molar-refractivity contribution in [1.82, 2.24) is 9.55 Å². The Morgan fingerprint density at radius 2 is 1.22 bits per heavy atom. The molecule has 8 rings (SSSR count). The second-order valence-electron chi connectivity index (χ2n) is 12.2. The van der Waals surface area contributed by atoms with Crippen molar-refractivity contribution in [1.29, 1.82) is 0 Å². The van der Waals surface area contributed by atoms with Crippen LogP contribution in [0.1, 0.15) is 30.5 Å². The summed E-state index contributed by atoms with van der Waals surface area (Å²) in [6, 6.07) is 42.4. The lowest BCUT2D eigenvalue weighted by Crippen LogP contribution is -2.31. The summed E-state index contributed by atoms with van der Waals surface area (Å²) in [6.07, 6.45) is 1.70. The van der Waals surface area contributed by atoms with Crippen molar-refractivity contribution in [2.24, 2.45) is 0 Å². The summed E-state index contributed by atoms with van der Waals surface area (Å²) in [5, 5.41) is 2.50. The summed E-state index contributed by atoms with van der Waals surface area (Å²) in [7, 11) is -3.75. The zero-order valence-electron chi connectivity index (χ0n) is 25.3. The minimum absolute atomic E-state index is 0.0440. The molecule has 0 spiro atoms. The zero-order chi connectivity index (χ0) is 30.9. The second-order valence-corrected chi connectivity index (χ2v) is 14.1. The SMILES string of the molecule is Cc1cc(S(=O)(=O)c2ccccc2)ncc1N1c2ccccc2C(C)(C)c2cc(-n3c4ccccc4c4ccccc43)ccc21. The Labute approximate surface area is 263 Å². The summed E-state index contributed by atoms with van der Waals surface area (Å²) in [5.41, 5.74) is 9.28. The van der Waals surface area contributed by atoms with Crippen molar-refractivity contribution in [3.63, 3.8) is 0 Å². The van der Waals surface area contributed by atoms with Crippen molar-refractivity contribution in [2.45, 2.75) is 36.1 Å². The number of hydrogen-bond donors (Lipinski definition) is 0. The van der Waals surface area contributed by atoms with Gasteiger partial charge in [0.05, 0.1) is 39.2 Å². The quantitative estimate of drug-likeness (QED) is 0.201. The highest BCUT2D eigenvalue weighted by molar-refractivity contribution is 7.91. The number of aromatic nitrogens is 2. The van der Waals surface area contributed by atoms with E-state index in [-0.39, 0.29) is 15.3 Å². The zero-order valence-corrected chi connectivity index (χ0v) is 26.1. The highest BCUT2D eigenvalue weighted by atomic mass is 32.2. The third-order valence-electron chi connectivity index (χ3n) is 9.18. The maximum absolute atomic E-state index is 13.4. The average Bonchev–Trinajstić information content (AvgIpc) is 3.40. The van der Waals surface area contributed by atoms with E-state index in [2.05, 4.69) is 119 Å². The van der Waals surface area contributed by atoms with Crippen LogP contribution in [-0.4, -0.2) is 18.0 Å². The molecule has 220 valence electrons. The van der Waals surface area contributed by atoms with Gasteiger partial charge in [0.15, 0.2) is 5.03 Å². The molecule has 3 heterocycles. The van der Waals surface area contributed by atoms with Crippen molar-refractivity contribution < 1.29 is 8.42 Å². The molecular weight excluding hydrogens is 575 g/mol. The van der Waals surface area contributed by atoms with Crippen molar-refractivity contribution in [3.8, 4) is 5.69 Å². The van der Waals surface area contributed by atoms with Crippen LogP contribution in [0.15, 0.2) is 144 Å². The van der Waals surface area contributed by atoms with E-state index in [0.29, 0.717) is 0 Å². The molecule has 0 radical (unpaired) electrons. The standard InChI is InChI=1S/C39H31N3O2S/c1-26-23-38(45(43,44)28-13-5-4-6-14-28)40-25-37(26)42-35-20-12-9-17-31(35)39(2,3)32-24-27(21-22-36(32)42)41-33-18-10-7-15-29(33)30-16-8-11-19-34(30)41/h4-25H,1-3H3. The molecule has 0 atom stereocenters. The molecule has 0 saturated heterocycles. The molecule has 6 heteroatoms. The molecule has 0 unspecified atom stereocenters. The molecule has 45 heavy (non-hydrogen) atoms. The maximum atomic E-state index is 13.4. The van der Waals surface area contributed by atoms with E-state index < -0.39 is 9.84 Å². The van der Waals surface area contributed by atoms with Crippen LogP contribution in [0.3, 0.4) is 0 Å². The van der Waals surface area contributed by atoms with Gasteiger partial charge in [-0.15, -0.1) is 0 Å². The molecule has 2 aromatic heterocycles. The highest BCUT2D eigenvalue weighted by Gasteiger charge is 2.38. The summed E-state index contributed by atoms with van der Waals surface area (Å²) >= 11 is 0. The fourth-order valence-electron chi connectivity index (χ4n) is 6.92. The van der Waals surface area contributed by atoms with Crippen LogP contribution in [-0.2, 0) is 15.3 Å². The Bertz CT molecular complexity index is 2340. The van der Waals surface area contributed by atoms with E-state index in [9.17, 15) is 8.42 Å². The first-order chi connectivity index (χ1) is 21.8. The molecule has 0 aliphatic carbocycles. The first-order valence-corrected chi connectivity index (χ1v) is 16.5. The molecule has 5 aromatic carbocycles. The van der Waals surface area contributed by atoms with Gasteiger partial charge in [-0.25, -0.2) is 13.4 Å². The Balaban J connectivity index is 1.33. The molecule has 0 amide bonds. The smallest absolute Gasteiger partial charge is 0.223 e. The van der Waals surface area contributed by atoms with Crippen molar-refractivity contribution in [3.05, 3.63) is 150 Å². The minimum Gasteiger partial charge on any atom is -0.309 e. The lowest BCUT2D eigenvalue weighted by Gasteiger charge is -2.42. The molecule has 0 saturated carbocycles. The van der Waals surface area contributed by atoms with Gasteiger partial charge < -0.3 is 9.47 Å². The van der Waals surface area contributed by atoms with Crippen LogP contribution in [0, 0.1) is 6.92 Å². The van der Waals surface area contributed by atoms with Gasteiger partial charge in [0, 0.05) is 21.9 Å². The van der Waals surface area contributed by atoms with Crippen LogP contribution in [0.5, 0.6) is 0 Å². The van der Waals surface area contributed by atoms with E-state index in [0.717, 1.165) is 28.3 Å². The van der Waals surface area contributed by atoms with Crippen LogP contribution in [0.2, 0.25) is 0 Å². The van der Waals surface area contributed by atoms with Crippen LogP contribution in [0.4, 0.5) is 17.1 Å². The molecule has 0 bridgehead atoms. The summed E-state index contributed by atoms with van der Waals surface area (Å²) in [4.78, 5) is 7.00. The van der Waals surface area contributed by atoms with Gasteiger partial charge in [-0.05, 0) is 78.2 Å². The lowest BCUT2D eigenvalue weighted by atomic mass is 9.73. The van der Waals surface area contributed by atoms with E-state index in [1.165, 1.54) is 32.9 Å². The van der Waals surface area contributed by atoms with E-state index in [1.54, 1.807) is 42.6 Å². The van der Waals surface area contributed by atoms with E-state index in [4.69, 9.17) is 0 Å². The number of benzene rings is 5. The number of nitrogens with zero attached hydrogens (tertiary/aromatic N) is 3. The van der Waals surface area contributed by atoms with E-state index in [1.807, 2.05) is 6.92 Å². The third kappa shape index (κ3) is 4.06. The van der Waals surface area contributed by atoms with Gasteiger partial charge in [0.25, 0.3) is 0 Å². The van der Waals surface area contributed by atoms with Gasteiger partial charge in [-0.2, -0.15) is 0 Å². The Morgan fingerprint density at radius 3 is 1.91 bits per heavy atom. The largest absolute Gasteiger partial charge is 0.309 e. The number of hydrogen-bond acceptors (Lipinski definition) is 4. The molecule has 1 aliphatic heterocycles. The topological polar surface area (TPSA) is 55.2 Å². The van der Waals surface area contributed by atoms with Crippen molar-refractivity contribution in [2.75, 3.05) is 4.90 Å². The lowest BCUT2D eigenvalue weighted by molar-refractivity contribution is 0.592. The van der Waals surface area contributed by atoms with E-state index >= 15 is 0 Å². The second kappa shape index (κ2) is 9.91. The number of para-hydroxylation sites is 3. The first kappa shape index (κ1) is 27.4. The van der Waals surface area contributed by atoms with Gasteiger partial charge in [-0.1, -0.05) is 86.6 Å². The number of rotatable bonds is 4. The molecule has 7 aromatic rings. The van der Waals surface area contributed by atoms with Gasteiger partial charge in [0.1, 0.15) is 0 Å². The molecule has 5 nitrogen and oxygen atoms in total. The normalized spacial score (nSPS) is 14.0. The molecular formula is C39H31N3O2S. The van der Waals surface area contributed by atoms with Crippen LogP contribution < -0.4 is 4.90 Å². The fourth-order valence-corrected chi connectivity index (χ4v) is 8.20. The monoisotopic (exact) mass is 605 g/mol. The van der Waals surface area contributed by atoms with Gasteiger partial charge in [-0.3, -0.25) is 0 Å². The summed E-state index contributed by atoms with van der Waals surface area (Å²) in [6.45, 7) is 6.51. The number of sulfone groups is 1. The number of aryl methyl sites for hydroxylation is 1. The first-order valence-electron chi connectivity index (χ1n) is 15.1. The predicted octanol–water partition coefficient (Wildman–Crippen LogP) is 9.43. The minimum atomic E-state index is -3.75. The average molecular weight is 606 g/mol. The van der Waals surface area contributed by atoms with Gasteiger partial charge >= 0.3 is 0 Å². The van der Waals surface area contributed by atoms with Crippen molar-refractivity contribution >= 4 is 48.7 Å². The predicted molar refractivity (Wildman–Crippen MR) is 182 cm³/mol. The number of fused-ring (bicyclic) bond motifs is 5. The third-order valence-corrected chi connectivity index (χ3v) is 10.8. The number of pyridine rings is 1. The number of anilines is 3. The highest BCUT2D eigenvalue weighted by Crippen LogP contribution is 2.53. The van der Waals surface area contributed by atoms with Crippen LogP contribution in [0.25, 0.3) is 27.5 Å². The maximum Gasteiger partial charge on any atom is 0.223 e. The molecule has 0 fully saturated rings. The fraction of sp³-hybridized carbons (Fsp3) is 0.103. The Hall–Kier alpha value is -5.20. The Morgan fingerprint density at radius 1 is 0.622 bits per heavy atom. The Kier molecular flexibility index (Phi) is 6.02. The molecule has 1 aliphatic rings. The van der Waals surface area contributed by atoms with Gasteiger partial charge in [0.2, 0.25) is 9.84 Å². The summed E-state index contributed by atoms with van der Waals surface area (Å²) < 4.78 is 29.2.